The number of carbonyl (C=O) groups is 1. The van der Waals surface area contributed by atoms with Crippen molar-refractivity contribution in [2.24, 2.45) is 0 Å². The van der Waals surface area contributed by atoms with Crippen LogP contribution >= 0.6 is 11.6 Å². The molecular formula is C21H20ClN3O5S. The minimum absolute atomic E-state index is 0.0824. The summed E-state index contributed by atoms with van der Waals surface area (Å²) < 4.78 is 36.2. The van der Waals surface area contributed by atoms with Crippen molar-refractivity contribution in [3.63, 3.8) is 0 Å². The molecular weight excluding hydrogens is 442 g/mol. The molecule has 0 radical (unpaired) electrons. The van der Waals surface area contributed by atoms with E-state index in [-0.39, 0.29) is 17.8 Å². The van der Waals surface area contributed by atoms with E-state index in [1.165, 1.54) is 6.92 Å². The Kier molecular flexibility index (Phi) is 5.97. The van der Waals surface area contributed by atoms with Crippen LogP contribution in [0.15, 0.2) is 53.1 Å². The van der Waals surface area contributed by atoms with Gasteiger partial charge in [0.05, 0.1) is 12.6 Å². The highest BCUT2D eigenvalue weighted by atomic mass is 35.5. The molecule has 1 aliphatic heterocycles. The van der Waals surface area contributed by atoms with Gasteiger partial charge < -0.3 is 14.6 Å². The average molecular weight is 462 g/mol. The molecule has 2 atom stereocenters. The van der Waals surface area contributed by atoms with E-state index in [0.29, 0.717) is 29.4 Å². The molecule has 0 fully saturated rings. The van der Waals surface area contributed by atoms with Crippen molar-refractivity contribution in [3.05, 3.63) is 65.0 Å². The normalized spacial score (nSPS) is 16.8. The SMILES string of the molecule is CC(C(=O)NC1CCOc2ccccc21)S(=O)(=O)Cc1nc(-c2ccc(Cl)cc2)no1. The molecule has 2 aromatic carbocycles. The quantitative estimate of drug-likeness (QED) is 0.599. The van der Waals surface area contributed by atoms with Crippen LogP contribution in [0.3, 0.4) is 0 Å². The molecule has 1 amide bonds. The van der Waals surface area contributed by atoms with Crippen molar-refractivity contribution in [3.8, 4) is 17.1 Å². The van der Waals surface area contributed by atoms with Gasteiger partial charge in [-0.25, -0.2) is 8.42 Å². The monoisotopic (exact) mass is 461 g/mol. The van der Waals surface area contributed by atoms with E-state index in [4.69, 9.17) is 20.9 Å². The molecule has 0 bridgehead atoms. The summed E-state index contributed by atoms with van der Waals surface area (Å²) >= 11 is 5.87. The van der Waals surface area contributed by atoms with Gasteiger partial charge in [-0.2, -0.15) is 4.98 Å². The Hall–Kier alpha value is -2.91. The third kappa shape index (κ3) is 4.72. The van der Waals surface area contributed by atoms with E-state index < -0.39 is 26.7 Å². The zero-order valence-corrected chi connectivity index (χ0v) is 18.2. The molecule has 10 heteroatoms. The maximum absolute atomic E-state index is 12.8. The number of rotatable bonds is 6. The number of hydrogen-bond donors (Lipinski definition) is 1. The van der Waals surface area contributed by atoms with E-state index in [2.05, 4.69) is 15.5 Å². The highest BCUT2D eigenvalue weighted by Crippen LogP contribution is 2.31. The number of amides is 1. The molecule has 4 rings (SSSR count). The number of halogens is 1. The maximum atomic E-state index is 12.8. The van der Waals surface area contributed by atoms with E-state index in [1.807, 2.05) is 24.3 Å². The molecule has 8 nitrogen and oxygen atoms in total. The van der Waals surface area contributed by atoms with Crippen molar-refractivity contribution < 1.29 is 22.5 Å². The number of carbonyl (C=O) groups excluding carboxylic acids is 1. The Morgan fingerprint density at radius 1 is 1.23 bits per heavy atom. The molecule has 1 N–H and O–H groups in total. The van der Waals surface area contributed by atoms with Gasteiger partial charge in [0.25, 0.3) is 0 Å². The van der Waals surface area contributed by atoms with Gasteiger partial charge in [0.2, 0.25) is 17.6 Å². The van der Waals surface area contributed by atoms with Crippen molar-refractivity contribution in [1.82, 2.24) is 15.5 Å². The summed E-state index contributed by atoms with van der Waals surface area (Å²) in [6.45, 7) is 1.80. The number of nitrogens with one attached hydrogen (secondary N) is 1. The second-order valence-electron chi connectivity index (χ2n) is 7.20. The minimum atomic E-state index is -3.88. The zero-order chi connectivity index (χ0) is 22.0. The third-order valence-electron chi connectivity index (χ3n) is 5.08. The first-order valence-electron chi connectivity index (χ1n) is 9.66. The number of aromatic nitrogens is 2. The van der Waals surface area contributed by atoms with Gasteiger partial charge >= 0.3 is 0 Å². The van der Waals surface area contributed by atoms with Crippen LogP contribution < -0.4 is 10.1 Å². The molecule has 0 saturated carbocycles. The average Bonchev–Trinajstić information content (AvgIpc) is 3.21. The van der Waals surface area contributed by atoms with Crippen LogP contribution in [-0.2, 0) is 20.4 Å². The first kappa shape index (κ1) is 21.3. The number of benzene rings is 2. The third-order valence-corrected chi connectivity index (χ3v) is 7.27. The van der Waals surface area contributed by atoms with Crippen molar-refractivity contribution in [2.45, 2.75) is 30.4 Å². The Morgan fingerprint density at radius 2 is 1.97 bits per heavy atom. The summed E-state index contributed by atoms with van der Waals surface area (Å²) in [5, 5.41) is 5.91. The van der Waals surface area contributed by atoms with Crippen LogP contribution in [0.2, 0.25) is 5.02 Å². The fourth-order valence-corrected chi connectivity index (χ4v) is 4.50. The van der Waals surface area contributed by atoms with Gasteiger partial charge in [-0.15, -0.1) is 0 Å². The second kappa shape index (κ2) is 8.68. The summed E-state index contributed by atoms with van der Waals surface area (Å²) in [6, 6.07) is 13.8. The number of para-hydroxylation sites is 1. The van der Waals surface area contributed by atoms with Gasteiger partial charge in [0.1, 0.15) is 16.8 Å². The molecule has 0 saturated heterocycles. The lowest BCUT2D eigenvalue weighted by Crippen LogP contribution is -2.41. The highest BCUT2D eigenvalue weighted by molar-refractivity contribution is 7.92. The van der Waals surface area contributed by atoms with Gasteiger partial charge in [-0.05, 0) is 37.3 Å². The lowest BCUT2D eigenvalue weighted by molar-refractivity contribution is -0.121. The smallest absolute Gasteiger partial charge is 0.242 e. The molecule has 3 aromatic rings. The van der Waals surface area contributed by atoms with Crippen LogP contribution in [0.25, 0.3) is 11.4 Å². The number of fused-ring (bicyclic) bond motifs is 1. The first-order valence-corrected chi connectivity index (χ1v) is 11.7. The van der Waals surface area contributed by atoms with Crippen molar-refractivity contribution in [1.29, 1.82) is 0 Å². The molecule has 0 aliphatic carbocycles. The Labute approximate surface area is 184 Å². The Bertz CT molecular complexity index is 1190. The van der Waals surface area contributed by atoms with Crippen molar-refractivity contribution >= 4 is 27.3 Å². The lowest BCUT2D eigenvalue weighted by Gasteiger charge is -2.27. The Morgan fingerprint density at radius 3 is 2.74 bits per heavy atom. The fourth-order valence-electron chi connectivity index (χ4n) is 3.27. The van der Waals surface area contributed by atoms with Crippen LogP contribution in [0.4, 0.5) is 0 Å². The summed E-state index contributed by atoms with van der Waals surface area (Å²) in [5.74, 6) is -0.264. The van der Waals surface area contributed by atoms with Crippen LogP contribution in [-0.4, -0.2) is 36.3 Å². The number of ether oxygens (including phenoxy) is 1. The summed E-state index contributed by atoms with van der Waals surface area (Å²) in [5.41, 5.74) is 1.47. The lowest BCUT2D eigenvalue weighted by atomic mass is 10.0. The number of nitrogens with zero attached hydrogens (tertiary/aromatic N) is 2. The maximum Gasteiger partial charge on any atom is 0.242 e. The molecule has 1 aromatic heterocycles. The predicted molar refractivity (Wildman–Crippen MR) is 114 cm³/mol. The van der Waals surface area contributed by atoms with Gasteiger partial charge in [-0.1, -0.05) is 35.0 Å². The predicted octanol–water partition coefficient (Wildman–Crippen LogP) is 3.33. The van der Waals surface area contributed by atoms with Crippen LogP contribution in [0.5, 0.6) is 5.75 Å². The first-order chi connectivity index (χ1) is 14.8. The molecule has 31 heavy (non-hydrogen) atoms. The molecule has 2 unspecified atom stereocenters. The number of sulfone groups is 1. The van der Waals surface area contributed by atoms with Gasteiger partial charge in [0, 0.05) is 22.6 Å². The zero-order valence-electron chi connectivity index (χ0n) is 16.6. The standard InChI is InChI=1S/C21H20ClN3O5S/c1-13(21(26)23-17-10-11-29-18-5-3-2-4-16(17)18)31(27,28)12-19-24-20(25-30-19)14-6-8-15(22)9-7-14/h2-9,13,17H,10-12H2,1H3,(H,23,26). The summed E-state index contributed by atoms with van der Waals surface area (Å²) in [6.07, 6.45) is 0.559. The Balaban J connectivity index is 1.44. The van der Waals surface area contributed by atoms with Gasteiger partial charge in [0.15, 0.2) is 9.84 Å². The van der Waals surface area contributed by atoms with E-state index in [0.717, 1.165) is 5.56 Å². The summed E-state index contributed by atoms with van der Waals surface area (Å²) in [7, 11) is -3.88. The molecule has 1 aliphatic rings. The molecule has 162 valence electrons. The highest BCUT2D eigenvalue weighted by Gasteiger charge is 2.33. The van der Waals surface area contributed by atoms with Crippen molar-refractivity contribution in [2.75, 3.05) is 6.61 Å². The topological polar surface area (TPSA) is 111 Å². The minimum Gasteiger partial charge on any atom is -0.493 e. The van der Waals surface area contributed by atoms with E-state index >= 15 is 0 Å². The summed E-state index contributed by atoms with van der Waals surface area (Å²) in [4.78, 5) is 16.8. The van der Waals surface area contributed by atoms with E-state index in [1.54, 1.807) is 24.3 Å². The number of hydrogen-bond acceptors (Lipinski definition) is 7. The second-order valence-corrected chi connectivity index (χ2v) is 9.96. The molecule has 0 spiro atoms. The fraction of sp³-hybridized carbons (Fsp3) is 0.286. The van der Waals surface area contributed by atoms with Crippen LogP contribution in [0, 0.1) is 0 Å². The van der Waals surface area contributed by atoms with Gasteiger partial charge in [-0.3, -0.25) is 4.79 Å². The molecule has 2 heterocycles. The van der Waals surface area contributed by atoms with Crippen LogP contribution in [0.1, 0.15) is 30.8 Å². The largest absolute Gasteiger partial charge is 0.493 e. The van der Waals surface area contributed by atoms with E-state index in [9.17, 15) is 13.2 Å².